The van der Waals surface area contributed by atoms with Crippen molar-refractivity contribution in [1.29, 1.82) is 0 Å². The molecule has 6 rings (SSSR count). The normalized spacial score (nSPS) is 14.8. The van der Waals surface area contributed by atoms with Crippen molar-refractivity contribution >= 4 is 63.1 Å². The van der Waals surface area contributed by atoms with Gasteiger partial charge in [-0.05, 0) is 80.6 Å². The van der Waals surface area contributed by atoms with Crippen molar-refractivity contribution in [2.24, 2.45) is 5.41 Å². The van der Waals surface area contributed by atoms with Gasteiger partial charge in [0.2, 0.25) is 17.7 Å². The summed E-state index contributed by atoms with van der Waals surface area (Å²) in [5.74, 6) is -1.63. The molecule has 2 heterocycles. The zero-order valence-electron chi connectivity index (χ0n) is 42.2. The lowest BCUT2D eigenvalue weighted by Gasteiger charge is -2.34. The van der Waals surface area contributed by atoms with Crippen LogP contribution in [0.3, 0.4) is 0 Å². The van der Waals surface area contributed by atoms with Crippen molar-refractivity contribution in [2.75, 3.05) is 13.1 Å². The van der Waals surface area contributed by atoms with E-state index >= 15 is 0 Å². The molecule has 0 aromatic heterocycles. The number of amides is 3. The Balaban J connectivity index is 0.000000346. The maximum atomic E-state index is 13.0. The summed E-state index contributed by atoms with van der Waals surface area (Å²) in [6, 6.07) is 13.7. The molecule has 6 N–H and O–H groups in total. The number of quaternary nitrogens is 1. The number of hydrogen-bond acceptors (Lipinski definition) is 13. The molecule has 0 spiro atoms. The highest BCUT2D eigenvalue weighted by molar-refractivity contribution is 6.01. The summed E-state index contributed by atoms with van der Waals surface area (Å²) >= 11 is 0. The van der Waals surface area contributed by atoms with Crippen molar-refractivity contribution in [3.05, 3.63) is 59.7 Å². The molecule has 0 bridgehead atoms. The molecule has 380 valence electrons. The van der Waals surface area contributed by atoms with Gasteiger partial charge in [-0.1, -0.05) is 69.3 Å². The summed E-state index contributed by atoms with van der Waals surface area (Å²) < 4.78 is 34.7. The van der Waals surface area contributed by atoms with E-state index in [0.29, 0.717) is 52.5 Å². The molecule has 18 heteroatoms. The lowest BCUT2D eigenvalue weighted by Crippen LogP contribution is -3.00. The van der Waals surface area contributed by atoms with Crippen molar-refractivity contribution in [2.45, 2.75) is 144 Å². The van der Waals surface area contributed by atoms with Crippen LogP contribution in [0.15, 0.2) is 48.5 Å². The molecule has 0 aliphatic carbocycles. The highest BCUT2D eigenvalue weighted by atomic mass is 35.5. The summed E-state index contributed by atoms with van der Waals surface area (Å²) in [7, 11) is 0. The topological polar surface area (TPSA) is 239 Å². The summed E-state index contributed by atoms with van der Waals surface area (Å²) in [5.41, 5.74) is 2.89. The molecule has 3 amide bonds. The Kier molecular flexibility index (Phi) is 18.1. The van der Waals surface area contributed by atoms with Gasteiger partial charge in [-0.3, -0.25) is 24.0 Å². The molecule has 0 radical (unpaired) electrons. The maximum Gasteiger partial charge on any atom is 0.367 e. The number of ether oxygens (including phenoxy) is 6. The minimum absolute atomic E-state index is 0. The van der Waals surface area contributed by atoms with E-state index in [-0.39, 0.29) is 66.3 Å². The van der Waals surface area contributed by atoms with E-state index < -0.39 is 64.8 Å². The summed E-state index contributed by atoms with van der Waals surface area (Å²) in [5, 5.41) is 10.8. The van der Waals surface area contributed by atoms with E-state index in [2.05, 4.69) is 21.7 Å². The second-order valence-corrected chi connectivity index (χ2v) is 20.5. The van der Waals surface area contributed by atoms with Crippen LogP contribution in [0.4, 0.5) is 0 Å². The van der Waals surface area contributed by atoms with Gasteiger partial charge in [-0.2, -0.15) is 0 Å². The Morgan fingerprint density at radius 1 is 0.657 bits per heavy atom. The number of esters is 4. The van der Waals surface area contributed by atoms with E-state index in [9.17, 15) is 33.6 Å². The monoisotopic (exact) mass is 990 g/mol. The largest absolute Gasteiger partial charge is 1.00 e. The highest BCUT2D eigenvalue weighted by Gasteiger charge is 2.36. The molecule has 0 fully saturated rings. The number of hydrogen-bond donors (Lipinski definition) is 4. The average molecular weight is 992 g/mol. The second-order valence-electron chi connectivity index (χ2n) is 20.5. The highest BCUT2D eigenvalue weighted by Crippen LogP contribution is 2.51. The number of rotatable bonds is 12. The Hall–Kier alpha value is -6.46. The molecule has 0 saturated carbocycles. The van der Waals surface area contributed by atoms with Crippen LogP contribution in [0.1, 0.15) is 120 Å². The lowest BCUT2D eigenvalue weighted by molar-refractivity contribution is -0.358. The summed E-state index contributed by atoms with van der Waals surface area (Å²) in [6.45, 7) is 20.7. The van der Waals surface area contributed by atoms with Crippen LogP contribution in [0.25, 0.3) is 21.5 Å². The fourth-order valence-electron chi connectivity index (χ4n) is 7.66. The van der Waals surface area contributed by atoms with Gasteiger partial charge >= 0.3 is 23.9 Å². The average Bonchev–Trinajstić information content (AvgIpc) is 3.24. The van der Waals surface area contributed by atoms with Crippen molar-refractivity contribution in [3.8, 4) is 34.5 Å². The summed E-state index contributed by atoms with van der Waals surface area (Å²) in [6.07, 6.45) is 2.49. The quantitative estimate of drug-likeness (QED) is 0.118. The van der Waals surface area contributed by atoms with Crippen LogP contribution >= 0.6 is 0 Å². The fraction of sp³-hybridized carbons (Fsp3) is 0.481. The van der Waals surface area contributed by atoms with E-state index in [1.54, 1.807) is 32.9 Å². The number of halogens is 1. The van der Waals surface area contributed by atoms with Gasteiger partial charge in [-0.25, -0.2) is 9.59 Å². The first kappa shape index (κ1) is 56.1. The molecule has 0 saturated heterocycles. The van der Waals surface area contributed by atoms with Gasteiger partial charge in [0.15, 0.2) is 29.5 Å². The minimum Gasteiger partial charge on any atom is -1.00 e. The predicted molar refractivity (Wildman–Crippen MR) is 257 cm³/mol. The second kappa shape index (κ2) is 22.5. The zero-order valence-corrected chi connectivity index (χ0v) is 43.0. The van der Waals surface area contributed by atoms with Gasteiger partial charge in [0.1, 0.15) is 35.3 Å². The fourth-order valence-corrected chi connectivity index (χ4v) is 7.66. The third-order valence-electron chi connectivity index (χ3n) is 11.1. The number of fused-ring (bicyclic) bond motifs is 6. The van der Waals surface area contributed by atoms with Gasteiger partial charge in [0.25, 0.3) is 0 Å². The molecule has 70 heavy (non-hydrogen) atoms. The Morgan fingerprint density at radius 3 is 1.49 bits per heavy atom. The number of nitrogens with one attached hydrogen (secondary N) is 3. The van der Waals surface area contributed by atoms with Crippen molar-refractivity contribution in [1.82, 2.24) is 16.0 Å². The molecule has 17 nitrogen and oxygen atoms in total. The van der Waals surface area contributed by atoms with Gasteiger partial charge in [0.05, 0.1) is 0 Å². The molecule has 4 aromatic carbocycles. The predicted octanol–water partition coefficient (Wildman–Crippen LogP) is 3.14. The van der Waals surface area contributed by atoms with Gasteiger partial charge in [-0.15, -0.1) is 0 Å². The standard InChI is InChI=1S/C33H45N3O8.C19H21NO5.ClH/c1-19(37)42-28-22-16-17-33(8,9)44-26(22)20-12-10-11-13-21(20)27(28)43-25(39)18-34-24(38)15-14-23(29(40)36-32(5,6)7)35-30(41)31(2,3)4;1-11(21)23-18-14-8-9-19(2,3)25-16(14)12-6-4-5-7-13(12)17(18)24-15(22)10-20;/h10-13,23H,14-18H2,1-9H3,(H,34,38)(H,35,41)(H,36,40);4-7H,8-10,20H2,1-3H3;1H. The van der Waals surface area contributed by atoms with Gasteiger partial charge < -0.3 is 62.5 Å². The smallest absolute Gasteiger partial charge is 0.367 e. The molecule has 2 aliphatic heterocycles. The minimum atomic E-state index is -0.945. The number of carbonyl (C=O) groups is 7. The van der Waals surface area contributed by atoms with Gasteiger partial charge in [0, 0.05) is 63.9 Å². The third kappa shape index (κ3) is 14.5. The van der Waals surface area contributed by atoms with Crippen molar-refractivity contribution in [3.63, 3.8) is 0 Å². The Labute approximate surface area is 414 Å². The first-order valence-corrected chi connectivity index (χ1v) is 23.1. The number of carbonyl (C=O) groups excluding carboxylic acids is 7. The lowest BCUT2D eigenvalue weighted by atomic mass is 9.91. The third-order valence-corrected chi connectivity index (χ3v) is 11.1. The molecule has 4 aromatic rings. The molecule has 1 atom stereocenters. The summed E-state index contributed by atoms with van der Waals surface area (Å²) in [4.78, 5) is 86.8. The van der Waals surface area contributed by atoms with Crippen molar-refractivity contribution < 1.29 is 80.1 Å². The maximum absolute atomic E-state index is 13.0. The van der Waals surface area contributed by atoms with Crippen LogP contribution in [0.5, 0.6) is 34.5 Å². The number of benzene rings is 4. The van der Waals surface area contributed by atoms with Crippen LogP contribution < -0.4 is 62.5 Å². The van der Waals surface area contributed by atoms with Crippen LogP contribution in [-0.4, -0.2) is 77.5 Å². The van der Waals surface area contributed by atoms with Crippen LogP contribution in [0.2, 0.25) is 0 Å². The van der Waals surface area contributed by atoms with E-state index in [1.165, 1.54) is 13.8 Å². The zero-order chi connectivity index (χ0) is 51.2. The molecule has 1 unspecified atom stereocenters. The first-order chi connectivity index (χ1) is 32.1. The van der Waals surface area contributed by atoms with E-state index in [4.69, 9.17) is 28.4 Å². The van der Waals surface area contributed by atoms with Crippen LogP contribution in [-0.2, 0) is 46.4 Å². The molecular weight excluding hydrogens is 924 g/mol. The SMILES string of the molecule is CC(=O)Oc1c2c(c3ccccc3c1OC(=O)CNC(=O)CCC(NC(=O)C(C)(C)C)C(=O)NC(C)(C)C)OC(C)(C)CC2.CC(=O)Oc1c2c(c3ccccc3c1OC(=O)C[NH3+])OC(C)(C)CC2.[Cl-]. The van der Waals surface area contributed by atoms with Crippen LogP contribution in [0, 0.1) is 5.41 Å². The molecular formula is C52H67ClN4O13. The first-order valence-electron chi connectivity index (χ1n) is 23.1. The van der Waals surface area contributed by atoms with E-state index in [1.807, 2.05) is 84.9 Å². The van der Waals surface area contributed by atoms with E-state index in [0.717, 1.165) is 17.4 Å². The Bertz CT molecular complexity index is 2660. The molecule has 2 aliphatic rings. The Morgan fingerprint density at radius 2 is 1.09 bits per heavy atom.